The maximum atomic E-state index is 15.9. The molecule has 1 aliphatic rings. The summed E-state index contributed by atoms with van der Waals surface area (Å²) >= 11 is 0. The topological polar surface area (TPSA) is 63.4 Å². The molecule has 6 nitrogen and oxygen atoms in total. The van der Waals surface area contributed by atoms with Crippen LogP contribution in [-0.4, -0.2) is 38.4 Å². The molecule has 0 N–H and O–H groups in total. The van der Waals surface area contributed by atoms with Gasteiger partial charge in [-0.05, 0) is 19.9 Å². The van der Waals surface area contributed by atoms with Crippen LogP contribution in [0.2, 0.25) is 0 Å². The third-order valence-corrected chi connectivity index (χ3v) is 6.76. The van der Waals surface area contributed by atoms with Gasteiger partial charge in [0.1, 0.15) is 11.6 Å². The zero-order valence-electron chi connectivity index (χ0n) is 20.0. The van der Waals surface area contributed by atoms with E-state index in [0.717, 1.165) is 6.07 Å². The summed E-state index contributed by atoms with van der Waals surface area (Å²) in [5.41, 5.74) is -1.26. The number of rotatable bonds is 4. The second-order valence-corrected chi connectivity index (χ2v) is 8.96. The van der Waals surface area contributed by atoms with Gasteiger partial charge in [-0.3, -0.25) is 14.8 Å². The van der Waals surface area contributed by atoms with Crippen molar-refractivity contribution in [3.05, 3.63) is 64.4 Å². The molecule has 0 radical (unpaired) electrons. The van der Waals surface area contributed by atoms with E-state index in [9.17, 15) is 18.0 Å². The van der Waals surface area contributed by atoms with Gasteiger partial charge in [0.2, 0.25) is 5.91 Å². The van der Waals surface area contributed by atoms with Crippen molar-refractivity contribution in [2.75, 3.05) is 13.1 Å². The molecule has 10 heteroatoms. The first kappa shape index (κ1) is 24.8. The van der Waals surface area contributed by atoms with E-state index in [1.807, 2.05) is 0 Å². The smallest absolute Gasteiger partial charge is 0.266 e. The van der Waals surface area contributed by atoms with Gasteiger partial charge in [-0.15, -0.1) is 0 Å². The highest BCUT2D eigenvalue weighted by Crippen LogP contribution is 2.36. The number of hydrogen-bond donors (Lipinski definition) is 0. The summed E-state index contributed by atoms with van der Waals surface area (Å²) in [6.45, 7) is 5.41. The van der Waals surface area contributed by atoms with Gasteiger partial charge in [0.05, 0.1) is 29.0 Å². The van der Waals surface area contributed by atoms with E-state index in [2.05, 4.69) is 15.0 Å². The number of likely N-dealkylation sites (tertiary alicyclic amines) is 1. The fourth-order valence-corrected chi connectivity index (χ4v) is 4.45. The summed E-state index contributed by atoms with van der Waals surface area (Å²) in [5, 5.41) is 0.520. The lowest BCUT2D eigenvalue weighted by Crippen LogP contribution is -2.42. The first-order valence-corrected chi connectivity index (χ1v) is 11.4. The van der Waals surface area contributed by atoms with Crippen molar-refractivity contribution in [1.82, 2.24) is 19.4 Å². The molecule has 3 aromatic rings. The summed E-state index contributed by atoms with van der Waals surface area (Å²) in [7, 11) is 1.79. The second-order valence-electron chi connectivity index (χ2n) is 8.96. The molecule has 1 amide bonds. The summed E-state index contributed by atoms with van der Waals surface area (Å²) in [5.74, 6) is -0.489. The average molecular weight is 490 g/mol. The van der Waals surface area contributed by atoms with Crippen LogP contribution in [0.3, 0.4) is 0 Å². The minimum absolute atomic E-state index is 0.0245. The van der Waals surface area contributed by atoms with Gasteiger partial charge in [0, 0.05) is 50.9 Å². The number of fused-ring (bicyclic) bond motifs is 1. The summed E-state index contributed by atoms with van der Waals surface area (Å²) < 4.78 is 58.8. The zero-order chi connectivity index (χ0) is 25.5. The Balaban J connectivity index is 1.81. The van der Waals surface area contributed by atoms with Crippen LogP contribution in [0.1, 0.15) is 61.8 Å². The van der Waals surface area contributed by atoms with Crippen LogP contribution in [0.15, 0.2) is 35.5 Å². The Morgan fingerprint density at radius 3 is 2.49 bits per heavy atom. The SMILES string of the molecule is CC(=O)N1CCC(F)(c2cc3c(=N[C@H](C)c4cccc(C(F)F)c4F)nc(C)n(C)c3cn2)CC1. The predicted molar refractivity (Wildman–Crippen MR) is 123 cm³/mol. The van der Waals surface area contributed by atoms with Crippen LogP contribution in [0.25, 0.3) is 10.9 Å². The number of nitrogens with zero attached hydrogens (tertiary/aromatic N) is 5. The number of aryl methyl sites for hydroxylation is 2. The van der Waals surface area contributed by atoms with E-state index < -0.39 is 29.5 Å². The van der Waals surface area contributed by atoms with Crippen molar-refractivity contribution in [3.8, 4) is 0 Å². The Kier molecular flexibility index (Phi) is 6.66. The van der Waals surface area contributed by atoms with Crippen LogP contribution >= 0.6 is 0 Å². The first-order chi connectivity index (χ1) is 16.5. The summed E-state index contributed by atoms with van der Waals surface area (Å²) in [6, 6.07) is 4.62. The average Bonchev–Trinajstić information content (AvgIpc) is 2.82. The third kappa shape index (κ3) is 4.66. The quantitative estimate of drug-likeness (QED) is 0.494. The van der Waals surface area contributed by atoms with Crippen molar-refractivity contribution < 1.29 is 22.4 Å². The lowest BCUT2D eigenvalue weighted by molar-refractivity contribution is -0.131. The number of alkyl halides is 3. The Hall–Kier alpha value is -3.30. The van der Waals surface area contributed by atoms with Gasteiger partial charge in [0.15, 0.2) is 11.2 Å². The fourth-order valence-electron chi connectivity index (χ4n) is 4.45. The van der Waals surface area contributed by atoms with Crippen LogP contribution < -0.4 is 5.49 Å². The van der Waals surface area contributed by atoms with Crippen molar-refractivity contribution in [3.63, 3.8) is 0 Å². The molecule has 0 aliphatic carbocycles. The van der Waals surface area contributed by atoms with Gasteiger partial charge in [-0.25, -0.2) is 22.5 Å². The molecule has 1 saturated heterocycles. The molecule has 0 saturated carbocycles. The lowest BCUT2D eigenvalue weighted by atomic mass is 9.89. The van der Waals surface area contributed by atoms with E-state index >= 15 is 4.39 Å². The van der Waals surface area contributed by atoms with Gasteiger partial charge >= 0.3 is 0 Å². The Labute approximate surface area is 200 Å². The molecule has 0 spiro atoms. The molecule has 1 atom stereocenters. The van der Waals surface area contributed by atoms with Crippen molar-refractivity contribution in [2.45, 2.75) is 51.7 Å². The van der Waals surface area contributed by atoms with Gasteiger partial charge in [-0.1, -0.05) is 18.2 Å². The van der Waals surface area contributed by atoms with Crippen LogP contribution in [0.5, 0.6) is 0 Å². The highest BCUT2D eigenvalue weighted by molar-refractivity contribution is 5.78. The number of pyridine rings is 1. The maximum absolute atomic E-state index is 15.9. The Bertz CT molecular complexity index is 1350. The molecular formula is C25H27F4N5O. The van der Waals surface area contributed by atoms with E-state index in [-0.39, 0.29) is 35.5 Å². The van der Waals surface area contributed by atoms with Crippen LogP contribution in [-0.2, 0) is 17.5 Å². The van der Waals surface area contributed by atoms with E-state index in [1.165, 1.54) is 19.1 Å². The largest absolute Gasteiger partial charge is 0.343 e. The molecule has 0 unspecified atom stereocenters. The van der Waals surface area contributed by atoms with E-state index in [4.69, 9.17) is 0 Å². The van der Waals surface area contributed by atoms with Crippen molar-refractivity contribution >= 4 is 16.8 Å². The van der Waals surface area contributed by atoms with Crippen molar-refractivity contribution in [1.29, 1.82) is 0 Å². The molecule has 0 bridgehead atoms. The van der Waals surface area contributed by atoms with E-state index in [0.29, 0.717) is 29.8 Å². The number of amides is 1. The van der Waals surface area contributed by atoms with Gasteiger partial charge < -0.3 is 9.47 Å². The van der Waals surface area contributed by atoms with Crippen molar-refractivity contribution in [2.24, 2.45) is 12.0 Å². The van der Waals surface area contributed by atoms with Crippen LogP contribution in [0, 0.1) is 12.7 Å². The minimum Gasteiger partial charge on any atom is -0.343 e. The number of hydrogen-bond acceptors (Lipinski definition) is 4. The second kappa shape index (κ2) is 9.39. The molecular weight excluding hydrogens is 462 g/mol. The standard InChI is InChI=1S/C25H27F4N5O/c1-14(17-6-5-7-18(22(17)26)23(27)28)31-24-19-12-21(30-13-20(19)33(4)15(2)32-24)25(29)8-10-34(11-9-25)16(3)35/h5-7,12-14,23H,8-11H2,1-4H3/t14-/m1/s1. The molecule has 3 heterocycles. The highest BCUT2D eigenvalue weighted by atomic mass is 19.3. The normalized spacial score (nSPS) is 17.3. The number of benzene rings is 1. The summed E-state index contributed by atoms with van der Waals surface area (Å²) in [4.78, 5) is 26.7. The molecule has 1 fully saturated rings. The Morgan fingerprint density at radius 2 is 1.86 bits per heavy atom. The Morgan fingerprint density at radius 1 is 1.20 bits per heavy atom. The molecule has 2 aromatic heterocycles. The maximum Gasteiger partial charge on any atom is 0.266 e. The fraction of sp³-hybridized carbons (Fsp3) is 0.440. The number of aromatic nitrogens is 3. The van der Waals surface area contributed by atoms with Gasteiger partial charge in [0.25, 0.3) is 6.43 Å². The number of carbonyl (C=O) groups is 1. The highest BCUT2D eigenvalue weighted by Gasteiger charge is 2.38. The third-order valence-electron chi connectivity index (χ3n) is 6.76. The number of carbonyl (C=O) groups excluding carboxylic acids is 1. The van der Waals surface area contributed by atoms with Crippen LogP contribution in [0.4, 0.5) is 17.6 Å². The number of piperidine rings is 1. The molecule has 35 heavy (non-hydrogen) atoms. The molecule has 4 rings (SSSR count). The molecule has 1 aromatic carbocycles. The van der Waals surface area contributed by atoms with E-state index in [1.54, 1.807) is 42.6 Å². The lowest BCUT2D eigenvalue weighted by Gasteiger charge is -2.35. The molecule has 186 valence electrons. The molecule has 1 aliphatic heterocycles. The number of halogens is 4. The predicted octanol–water partition coefficient (Wildman–Crippen LogP) is 4.82. The van der Waals surface area contributed by atoms with Gasteiger partial charge in [-0.2, -0.15) is 0 Å². The first-order valence-electron chi connectivity index (χ1n) is 11.4. The monoisotopic (exact) mass is 489 g/mol. The summed E-state index contributed by atoms with van der Waals surface area (Å²) in [6.07, 6.45) is -1.15. The zero-order valence-corrected chi connectivity index (χ0v) is 20.0. The minimum atomic E-state index is -2.94.